The normalized spacial score (nSPS) is 10.1. The highest BCUT2D eigenvalue weighted by Gasteiger charge is 2.09. The number of nitrogens with one attached hydrogen (secondary N) is 2. The highest BCUT2D eigenvalue weighted by molar-refractivity contribution is 5.73. The van der Waals surface area contributed by atoms with Gasteiger partial charge in [-0.3, -0.25) is 4.79 Å². The number of benzene rings is 1. The van der Waals surface area contributed by atoms with Gasteiger partial charge in [0.15, 0.2) is 11.5 Å². The molecule has 0 spiro atoms. The maximum atomic E-state index is 11.8. The summed E-state index contributed by atoms with van der Waals surface area (Å²) in [5.74, 6) is 1.21. The largest absolute Gasteiger partial charge is 0.493 e. The van der Waals surface area contributed by atoms with Gasteiger partial charge in [0.1, 0.15) is 0 Å². The zero-order valence-electron chi connectivity index (χ0n) is 15.9. The van der Waals surface area contributed by atoms with Gasteiger partial charge in [-0.05, 0) is 37.8 Å². The maximum absolute atomic E-state index is 11.8. The second-order valence-corrected chi connectivity index (χ2v) is 5.70. The molecule has 7 heteroatoms. The first-order valence-electron chi connectivity index (χ1n) is 8.99. The standard InChI is InChI=1S/C19H30N2O5/c1-4-26-17(22)11-6-5-7-13-20-19(23)21-14-12-15-9-8-10-16(24-2)18(15)25-3/h8-10H,4-7,11-14H2,1-3H3,(H2,20,21,23). The van der Waals surface area contributed by atoms with Crippen molar-refractivity contribution in [3.8, 4) is 11.5 Å². The minimum Gasteiger partial charge on any atom is -0.493 e. The molecule has 0 atom stereocenters. The van der Waals surface area contributed by atoms with Crippen molar-refractivity contribution in [2.45, 2.75) is 39.0 Å². The van der Waals surface area contributed by atoms with Crippen LogP contribution in [0.4, 0.5) is 4.79 Å². The van der Waals surface area contributed by atoms with Crippen molar-refractivity contribution in [1.82, 2.24) is 10.6 Å². The van der Waals surface area contributed by atoms with Crippen LogP contribution in [0, 0.1) is 0 Å². The Morgan fingerprint density at radius 1 is 1.00 bits per heavy atom. The summed E-state index contributed by atoms with van der Waals surface area (Å²) in [4.78, 5) is 23.0. The van der Waals surface area contributed by atoms with E-state index in [1.54, 1.807) is 21.1 Å². The Bertz CT molecular complexity index is 563. The van der Waals surface area contributed by atoms with Crippen molar-refractivity contribution in [2.75, 3.05) is 33.9 Å². The Labute approximate surface area is 155 Å². The fourth-order valence-corrected chi connectivity index (χ4v) is 2.53. The van der Waals surface area contributed by atoms with Gasteiger partial charge in [-0.2, -0.15) is 0 Å². The zero-order valence-corrected chi connectivity index (χ0v) is 15.9. The molecule has 1 aromatic rings. The van der Waals surface area contributed by atoms with E-state index in [1.807, 2.05) is 18.2 Å². The maximum Gasteiger partial charge on any atom is 0.314 e. The number of esters is 1. The van der Waals surface area contributed by atoms with Crippen LogP contribution >= 0.6 is 0 Å². The second kappa shape index (κ2) is 12.9. The summed E-state index contributed by atoms with van der Waals surface area (Å²) < 4.78 is 15.5. The Morgan fingerprint density at radius 3 is 2.46 bits per heavy atom. The molecule has 2 amide bonds. The van der Waals surface area contributed by atoms with E-state index in [2.05, 4.69) is 10.6 Å². The van der Waals surface area contributed by atoms with Crippen LogP contribution in [-0.2, 0) is 16.0 Å². The summed E-state index contributed by atoms with van der Waals surface area (Å²) in [6, 6.07) is 5.49. The molecule has 146 valence electrons. The van der Waals surface area contributed by atoms with Crippen LogP contribution in [0.15, 0.2) is 18.2 Å². The molecular formula is C19H30N2O5. The monoisotopic (exact) mass is 366 g/mol. The van der Waals surface area contributed by atoms with E-state index in [0.717, 1.165) is 24.8 Å². The van der Waals surface area contributed by atoms with Crippen LogP contribution in [0.1, 0.15) is 38.2 Å². The van der Waals surface area contributed by atoms with Gasteiger partial charge >= 0.3 is 12.0 Å². The average molecular weight is 366 g/mol. The molecule has 1 aromatic carbocycles. The predicted octanol–water partition coefficient (Wildman–Crippen LogP) is 2.67. The lowest BCUT2D eigenvalue weighted by Gasteiger charge is -2.13. The van der Waals surface area contributed by atoms with Crippen molar-refractivity contribution in [1.29, 1.82) is 0 Å². The van der Waals surface area contributed by atoms with Gasteiger partial charge in [0.2, 0.25) is 0 Å². The number of hydrogen-bond donors (Lipinski definition) is 2. The van der Waals surface area contributed by atoms with Crippen molar-refractivity contribution < 1.29 is 23.8 Å². The molecule has 0 saturated heterocycles. The second-order valence-electron chi connectivity index (χ2n) is 5.70. The summed E-state index contributed by atoms with van der Waals surface area (Å²) >= 11 is 0. The summed E-state index contributed by atoms with van der Waals surface area (Å²) in [5.41, 5.74) is 0.978. The molecule has 0 aliphatic rings. The molecule has 7 nitrogen and oxygen atoms in total. The average Bonchev–Trinajstić information content (AvgIpc) is 2.64. The van der Waals surface area contributed by atoms with Gasteiger partial charge < -0.3 is 24.8 Å². The number of unbranched alkanes of at least 4 members (excludes halogenated alkanes) is 2. The van der Waals surface area contributed by atoms with Crippen molar-refractivity contribution in [3.05, 3.63) is 23.8 Å². The molecule has 1 rings (SSSR count). The molecule has 0 radical (unpaired) electrons. The van der Waals surface area contributed by atoms with Gasteiger partial charge in [0.05, 0.1) is 20.8 Å². The van der Waals surface area contributed by atoms with Crippen LogP contribution < -0.4 is 20.1 Å². The highest BCUT2D eigenvalue weighted by Crippen LogP contribution is 2.30. The zero-order chi connectivity index (χ0) is 19.2. The number of urea groups is 1. The summed E-state index contributed by atoms with van der Waals surface area (Å²) in [6.07, 6.45) is 3.56. The van der Waals surface area contributed by atoms with Crippen LogP contribution in [0.25, 0.3) is 0 Å². The fourth-order valence-electron chi connectivity index (χ4n) is 2.53. The quantitative estimate of drug-likeness (QED) is 0.439. The lowest BCUT2D eigenvalue weighted by molar-refractivity contribution is -0.143. The number of para-hydroxylation sites is 1. The van der Waals surface area contributed by atoms with Crippen LogP contribution in [0.2, 0.25) is 0 Å². The van der Waals surface area contributed by atoms with Crippen LogP contribution in [0.3, 0.4) is 0 Å². The van der Waals surface area contributed by atoms with E-state index in [9.17, 15) is 9.59 Å². The molecule has 26 heavy (non-hydrogen) atoms. The Balaban J connectivity index is 2.17. The molecule has 0 aliphatic heterocycles. The smallest absolute Gasteiger partial charge is 0.314 e. The number of ether oxygens (including phenoxy) is 3. The minimum absolute atomic E-state index is 0.161. The Morgan fingerprint density at radius 2 is 1.77 bits per heavy atom. The first-order valence-corrected chi connectivity index (χ1v) is 8.99. The van der Waals surface area contributed by atoms with E-state index in [4.69, 9.17) is 14.2 Å². The third kappa shape index (κ3) is 8.09. The van der Waals surface area contributed by atoms with Crippen LogP contribution in [0.5, 0.6) is 11.5 Å². The number of rotatable bonds is 12. The number of amides is 2. The van der Waals surface area contributed by atoms with E-state index in [0.29, 0.717) is 44.0 Å². The number of carbonyl (C=O) groups is 2. The Kier molecular flexibility index (Phi) is 10.7. The molecule has 0 saturated carbocycles. The molecule has 0 bridgehead atoms. The van der Waals surface area contributed by atoms with Gasteiger partial charge in [-0.1, -0.05) is 18.6 Å². The van der Waals surface area contributed by atoms with E-state index < -0.39 is 0 Å². The minimum atomic E-state index is -0.197. The summed E-state index contributed by atoms with van der Waals surface area (Å²) in [7, 11) is 3.20. The molecule has 0 heterocycles. The number of carbonyl (C=O) groups excluding carboxylic acids is 2. The van der Waals surface area contributed by atoms with E-state index >= 15 is 0 Å². The highest BCUT2D eigenvalue weighted by atomic mass is 16.5. The molecular weight excluding hydrogens is 336 g/mol. The van der Waals surface area contributed by atoms with Crippen molar-refractivity contribution >= 4 is 12.0 Å². The lowest BCUT2D eigenvalue weighted by atomic mass is 10.1. The molecule has 0 aromatic heterocycles. The topological polar surface area (TPSA) is 85.9 Å². The van der Waals surface area contributed by atoms with E-state index in [-0.39, 0.29) is 12.0 Å². The Hall–Kier alpha value is -2.44. The number of hydrogen-bond acceptors (Lipinski definition) is 5. The van der Waals surface area contributed by atoms with Crippen LogP contribution in [-0.4, -0.2) is 45.9 Å². The predicted molar refractivity (Wildman–Crippen MR) is 99.8 cm³/mol. The molecule has 0 unspecified atom stereocenters. The van der Waals surface area contributed by atoms with Gasteiger partial charge in [0.25, 0.3) is 0 Å². The first kappa shape index (κ1) is 21.6. The molecule has 0 fully saturated rings. The SMILES string of the molecule is CCOC(=O)CCCCCNC(=O)NCCc1cccc(OC)c1OC. The van der Waals surface area contributed by atoms with Crippen molar-refractivity contribution in [3.63, 3.8) is 0 Å². The third-order valence-electron chi connectivity index (χ3n) is 3.81. The van der Waals surface area contributed by atoms with E-state index in [1.165, 1.54) is 0 Å². The van der Waals surface area contributed by atoms with Gasteiger partial charge in [-0.15, -0.1) is 0 Å². The molecule has 0 aliphatic carbocycles. The lowest BCUT2D eigenvalue weighted by Crippen LogP contribution is -2.37. The van der Waals surface area contributed by atoms with Crippen molar-refractivity contribution in [2.24, 2.45) is 0 Å². The summed E-state index contributed by atoms with van der Waals surface area (Å²) in [5, 5.41) is 5.64. The first-order chi connectivity index (χ1) is 12.6. The molecule has 2 N–H and O–H groups in total. The van der Waals surface area contributed by atoms with Gasteiger partial charge in [-0.25, -0.2) is 4.79 Å². The number of methoxy groups -OCH3 is 2. The third-order valence-corrected chi connectivity index (χ3v) is 3.81. The summed E-state index contributed by atoms with van der Waals surface area (Å²) in [6.45, 7) is 3.29. The van der Waals surface area contributed by atoms with Gasteiger partial charge in [0, 0.05) is 19.5 Å². The fraction of sp³-hybridized carbons (Fsp3) is 0.579.